The van der Waals surface area contributed by atoms with Crippen LogP contribution in [-0.4, -0.2) is 27.6 Å². The number of amides is 1. The first-order valence-corrected chi connectivity index (χ1v) is 5.77. The van der Waals surface area contributed by atoms with Gasteiger partial charge in [-0.05, 0) is 30.2 Å². The van der Waals surface area contributed by atoms with Gasteiger partial charge in [0.1, 0.15) is 6.33 Å². The largest absolute Gasteiger partial charge is 0.399 e. The number of nitrogens with one attached hydrogen (secondary N) is 1. The van der Waals surface area contributed by atoms with Crippen LogP contribution in [0.3, 0.4) is 0 Å². The molecule has 3 N–H and O–H groups in total. The molecule has 3 rings (SSSR count). The quantitative estimate of drug-likeness (QED) is 0.753. The third-order valence-corrected chi connectivity index (χ3v) is 3.07. The summed E-state index contributed by atoms with van der Waals surface area (Å²) in [5.74, 6) is 0.530. The van der Waals surface area contributed by atoms with Crippen molar-refractivity contribution in [2.45, 2.75) is 12.8 Å². The van der Waals surface area contributed by atoms with Crippen LogP contribution in [0.2, 0.25) is 0 Å². The fourth-order valence-electron chi connectivity index (χ4n) is 2.23. The zero-order valence-electron chi connectivity index (χ0n) is 9.76. The van der Waals surface area contributed by atoms with Gasteiger partial charge in [-0.2, -0.15) is 5.10 Å². The highest BCUT2D eigenvalue weighted by Gasteiger charge is 2.25. The lowest BCUT2D eigenvalue weighted by Gasteiger charge is -2.16. The number of anilines is 2. The average Bonchev–Trinajstić information content (AvgIpc) is 2.97. The van der Waals surface area contributed by atoms with Gasteiger partial charge in [0.05, 0.1) is 6.42 Å². The third-order valence-electron chi connectivity index (χ3n) is 3.07. The molecule has 6 heteroatoms. The van der Waals surface area contributed by atoms with Crippen LogP contribution in [0, 0.1) is 0 Å². The van der Waals surface area contributed by atoms with E-state index in [2.05, 4.69) is 15.2 Å². The lowest BCUT2D eigenvalue weighted by Crippen LogP contribution is -2.30. The van der Waals surface area contributed by atoms with Gasteiger partial charge in [0.15, 0.2) is 5.82 Å². The van der Waals surface area contributed by atoms with Crippen molar-refractivity contribution in [2.75, 3.05) is 17.2 Å². The normalized spacial score (nSPS) is 13.7. The van der Waals surface area contributed by atoms with Crippen molar-refractivity contribution >= 4 is 17.3 Å². The first-order valence-electron chi connectivity index (χ1n) is 5.77. The molecule has 0 fully saturated rings. The number of rotatable bonds is 2. The van der Waals surface area contributed by atoms with Crippen molar-refractivity contribution in [3.8, 4) is 0 Å². The van der Waals surface area contributed by atoms with Crippen LogP contribution in [0.15, 0.2) is 24.5 Å². The Morgan fingerprint density at radius 2 is 2.39 bits per heavy atom. The van der Waals surface area contributed by atoms with E-state index in [4.69, 9.17) is 5.73 Å². The molecule has 1 aromatic heterocycles. The van der Waals surface area contributed by atoms with E-state index < -0.39 is 0 Å². The molecule has 92 valence electrons. The summed E-state index contributed by atoms with van der Waals surface area (Å²) in [5, 5.41) is 6.50. The molecule has 0 aliphatic carbocycles. The maximum atomic E-state index is 12.2. The Bertz CT molecular complexity index is 578. The zero-order chi connectivity index (χ0) is 12.5. The minimum Gasteiger partial charge on any atom is -0.399 e. The molecule has 1 aliphatic rings. The standard InChI is InChI=1S/C12H13N5O/c13-9-1-2-10-8(5-9)3-4-17(10)12(18)6-11-14-7-15-16-11/h1-2,5,7H,3-4,6,13H2,(H,14,15,16). The van der Waals surface area contributed by atoms with E-state index in [1.165, 1.54) is 6.33 Å². The number of nitrogens with zero attached hydrogens (tertiary/aromatic N) is 3. The summed E-state index contributed by atoms with van der Waals surface area (Å²) in [6, 6.07) is 5.64. The second kappa shape index (κ2) is 4.14. The molecule has 1 amide bonds. The van der Waals surface area contributed by atoms with Crippen molar-refractivity contribution < 1.29 is 4.79 Å². The number of fused-ring (bicyclic) bond motifs is 1. The van der Waals surface area contributed by atoms with E-state index >= 15 is 0 Å². The van der Waals surface area contributed by atoms with Crippen molar-refractivity contribution in [1.82, 2.24) is 15.2 Å². The molecule has 0 bridgehead atoms. The van der Waals surface area contributed by atoms with Crippen LogP contribution < -0.4 is 10.6 Å². The van der Waals surface area contributed by atoms with Crippen LogP contribution in [0.25, 0.3) is 0 Å². The van der Waals surface area contributed by atoms with Crippen LogP contribution in [0.1, 0.15) is 11.4 Å². The van der Waals surface area contributed by atoms with E-state index in [0.717, 1.165) is 23.4 Å². The summed E-state index contributed by atoms with van der Waals surface area (Å²) in [6.07, 6.45) is 2.54. The third kappa shape index (κ3) is 1.81. The smallest absolute Gasteiger partial charge is 0.234 e. The minimum atomic E-state index is 0.0121. The monoisotopic (exact) mass is 243 g/mol. The molecule has 2 heterocycles. The van der Waals surface area contributed by atoms with Crippen molar-refractivity contribution in [2.24, 2.45) is 0 Å². The summed E-state index contributed by atoms with van der Waals surface area (Å²) in [5.41, 5.74) is 8.54. The number of H-pyrrole nitrogens is 1. The van der Waals surface area contributed by atoms with E-state index in [9.17, 15) is 4.79 Å². The predicted molar refractivity (Wildman–Crippen MR) is 67.0 cm³/mol. The molecule has 1 aromatic carbocycles. The lowest BCUT2D eigenvalue weighted by atomic mass is 10.1. The Balaban J connectivity index is 1.81. The van der Waals surface area contributed by atoms with Gasteiger partial charge in [0.2, 0.25) is 5.91 Å². The Hall–Kier alpha value is -2.37. The first-order chi connectivity index (χ1) is 8.74. The Kier molecular flexibility index (Phi) is 2.47. The number of carbonyl (C=O) groups excluding carboxylic acids is 1. The number of hydrogen-bond donors (Lipinski definition) is 2. The number of nitrogens with two attached hydrogens (primary N) is 1. The van der Waals surface area contributed by atoms with Crippen LogP contribution in [0.4, 0.5) is 11.4 Å². The number of hydrogen-bond acceptors (Lipinski definition) is 4. The second-order valence-corrected chi connectivity index (χ2v) is 4.28. The molecule has 1 aliphatic heterocycles. The topological polar surface area (TPSA) is 87.9 Å². The maximum Gasteiger partial charge on any atom is 0.234 e. The number of aromatic amines is 1. The summed E-state index contributed by atoms with van der Waals surface area (Å²) in [7, 11) is 0. The minimum absolute atomic E-state index is 0.0121. The molecule has 2 aromatic rings. The SMILES string of the molecule is Nc1ccc2c(c1)CCN2C(=O)Cc1nc[nH]n1. The zero-order valence-corrected chi connectivity index (χ0v) is 9.76. The molecule has 6 nitrogen and oxygen atoms in total. The van der Waals surface area contributed by atoms with Gasteiger partial charge in [-0.3, -0.25) is 9.89 Å². The van der Waals surface area contributed by atoms with Crippen molar-refractivity contribution in [3.63, 3.8) is 0 Å². The van der Waals surface area contributed by atoms with Crippen molar-refractivity contribution in [3.05, 3.63) is 35.9 Å². The maximum absolute atomic E-state index is 12.2. The Labute approximate surface area is 104 Å². The molecule has 0 spiro atoms. The Morgan fingerprint density at radius 3 is 3.17 bits per heavy atom. The lowest BCUT2D eigenvalue weighted by molar-refractivity contribution is -0.118. The van der Waals surface area contributed by atoms with Crippen LogP contribution in [-0.2, 0) is 17.6 Å². The number of aromatic nitrogens is 3. The second-order valence-electron chi connectivity index (χ2n) is 4.28. The summed E-state index contributed by atoms with van der Waals surface area (Å²) in [4.78, 5) is 17.9. The number of benzene rings is 1. The highest BCUT2D eigenvalue weighted by Crippen LogP contribution is 2.29. The molecule has 0 unspecified atom stereocenters. The molecule has 18 heavy (non-hydrogen) atoms. The molecule has 0 saturated heterocycles. The van der Waals surface area contributed by atoms with E-state index in [0.29, 0.717) is 12.4 Å². The number of carbonyl (C=O) groups is 1. The Morgan fingerprint density at radius 1 is 1.50 bits per heavy atom. The van der Waals surface area contributed by atoms with E-state index in [1.807, 2.05) is 18.2 Å². The van der Waals surface area contributed by atoms with Crippen LogP contribution >= 0.6 is 0 Å². The predicted octanol–water partition coefficient (Wildman–Crippen LogP) is 0.519. The fraction of sp³-hybridized carbons (Fsp3) is 0.250. The molecular formula is C12H13N5O. The first kappa shape index (κ1) is 10.8. The summed E-state index contributed by atoms with van der Waals surface area (Å²) in [6.45, 7) is 0.696. The van der Waals surface area contributed by atoms with Gasteiger partial charge in [-0.1, -0.05) is 0 Å². The molecule has 0 radical (unpaired) electrons. The van der Waals surface area contributed by atoms with E-state index in [1.54, 1.807) is 4.90 Å². The van der Waals surface area contributed by atoms with Gasteiger partial charge in [0, 0.05) is 17.9 Å². The summed E-state index contributed by atoms with van der Waals surface area (Å²) < 4.78 is 0. The van der Waals surface area contributed by atoms with Gasteiger partial charge in [0.25, 0.3) is 0 Å². The summed E-state index contributed by atoms with van der Waals surface area (Å²) >= 11 is 0. The average molecular weight is 243 g/mol. The van der Waals surface area contributed by atoms with Crippen molar-refractivity contribution in [1.29, 1.82) is 0 Å². The number of nitrogen functional groups attached to an aromatic ring is 1. The highest BCUT2D eigenvalue weighted by atomic mass is 16.2. The van der Waals surface area contributed by atoms with Gasteiger partial charge in [-0.25, -0.2) is 4.98 Å². The van der Waals surface area contributed by atoms with Gasteiger partial charge < -0.3 is 10.6 Å². The highest BCUT2D eigenvalue weighted by molar-refractivity contribution is 5.96. The fourth-order valence-corrected chi connectivity index (χ4v) is 2.23. The molecule has 0 atom stereocenters. The molecule has 0 saturated carbocycles. The van der Waals surface area contributed by atoms with Crippen LogP contribution in [0.5, 0.6) is 0 Å². The van der Waals surface area contributed by atoms with Gasteiger partial charge in [-0.15, -0.1) is 0 Å². The van der Waals surface area contributed by atoms with Gasteiger partial charge >= 0.3 is 0 Å². The molecular weight excluding hydrogens is 230 g/mol. The van der Waals surface area contributed by atoms with E-state index in [-0.39, 0.29) is 12.3 Å².